The van der Waals surface area contributed by atoms with Crippen molar-refractivity contribution < 1.29 is 0 Å². The molecule has 0 spiro atoms. The van der Waals surface area contributed by atoms with Crippen LogP contribution in [0.1, 0.15) is 0 Å². The third-order valence-electron chi connectivity index (χ3n) is 0.816. The van der Waals surface area contributed by atoms with Gasteiger partial charge in [-0.05, 0) is 0 Å². The van der Waals surface area contributed by atoms with Crippen LogP contribution in [0.4, 0.5) is 0 Å². The quantitative estimate of drug-likeness (QED) is 0.391. The van der Waals surface area contributed by atoms with Gasteiger partial charge in [-0.3, -0.25) is 0 Å². The van der Waals surface area contributed by atoms with Crippen molar-refractivity contribution in [2.24, 2.45) is 0 Å². The molecule has 0 rings (SSSR count). The Hall–Kier alpha value is 3.00. The van der Waals surface area contributed by atoms with Gasteiger partial charge in [0.1, 0.15) is 0 Å². The van der Waals surface area contributed by atoms with E-state index in [2.05, 4.69) is 0 Å². The zero-order chi connectivity index (χ0) is 4.28. The van der Waals surface area contributed by atoms with Gasteiger partial charge in [-0.1, -0.05) is 0 Å². The molecule has 3 heteroatoms. The van der Waals surface area contributed by atoms with Crippen molar-refractivity contribution in [2.45, 2.75) is 4.09 Å². The van der Waals surface area contributed by atoms with Gasteiger partial charge >= 0.3 is 87.9 Å². The molecule has 5 heavy (non-hydrogen) atoms. The van der Waals surface area contributed by atoms with E-state index >= 15 is 0 Å². The Balaban J connectivity index is 2.54. The summed E-state index contributed by atoms with van der Waals surface area (Å²) in [7, 11) is 0. The second kappa shape index (κ2) is 5.14. The summed E-state index contributed by atoms with van der Waals surface area (Å²) in [6.07, 6.45) is 0. The van der Waals surface area contributed by atoms with Gasteiger partial charge in [0, 0.05) is 0 Å². The average molecular weight is 96.0 g/mol. The second-order valence-electron chi connectivity index (χ2n) is 1.80. The Morgan fingerprint density at radius 3 is 1.60 bits per heavy atom. The van der Waals surface area contributed by atoms with Crippen molar-refractivity contribution >= 4 is 83.8 Å². The zero-order valence-electron chi connectivity index (χ0n) is 4.28. The van der Waals surface area contributed by atoms with Gasteiger partial charge in [0.15, 0.2) is 0 Å². The molecule has 0 unspecified atom stereocenters. The molecule has 0 heterocycles. The van der Waals surface area contributed by atoms with Crippen molar-refractivity contribution in [3.63, 3.8) is 0 Å². The van der Waals surface area contributed by atoms with Gasteiger partial charge in [-0.2, -0.15) is 0 Å². The molecule has 0 bridgehead atoms. The molecular weight excluding hydrogens is 93.0 g/mol. The van der Waals surface area contributed by atoms with Crippen molar-refractivity contribution in [3.05, 3.63) is 0 Å². The van der Waals surface area contributed by atoms with Crippen LogP contribution >= 0.6 is 0 Å². The van der Waals surface area contributed by atoms with E-state index in [1.807, 2.05) is 0 Å². The molecule has 0 N–H and O–H groups in total. The fourth-order valence-corrected chi connectivity index (χ4v) is 0. The van der Waals surface area contributed by atoms with Crippen molar-refractivity contribution in [1.82, 2.24) is 0 Å². The molecule has 0 nitrogen and oxygen atoms in total. The molecule has 0 amide bonds. The van der Waals surface area contributed by atoms with Crippen LogP contribution in [0.15, 0.2) is 0 Å². The van der Waals surface area contributed by atoms with Crippen LogP contribution in [0.3, 0.4) is 0 Å². The summed E-state index contributed by atoms with van der Waals surface area (Å²) in [5.41, 5.74) is 0. The van der Waals surface area contributed by atoms with E-state index in [1.165, 1.54) is 84.2 Å². The van der Waals surface area contributed by atoms with Gasteiger partial charge in [0.2, 0.25) is 0 Å². The van der Waals surface area contributed by atoms with Crippen LogP contribution in [0.2, 0.25) is 4.09 Å². The Morgan fingerprint density at radius 1 is 1.40 bits per heavy atom. The van der Waals surface area contributed by atoms with Crippen molar-refractivity contribution in [1.29, 1.82) is 0 Å². The monoisotopic (exact) mass is 96.0 g/mol. The van der Waals surface area contributed by atoms with Crippen LogP contribution in [0.25, 0.3) is 0 Å². The van der Waals surface area contributed by atoms with E-state index in [1.54, 1.807) is 3.67 Å². The van der Waals surface area contributed by atoms with E-state index in [0.717, 1.165) is 0 Å². The van der Waals surface area contributed by atoms with Gasteiger partial charge in [-0.15, -0.1) is 0 Å². The SMILES string of the molecule is [Na][CH2][CH]([Na])[Na]. The van der Waals surface area contributed by atoms with Gasteiger partial charge in [0.05, 0.1) is 0 Å². The Morgan fingerprint density at radius 2 is 1.60 bits per heavy atom. The van der Waals surface area contributed by atoms with E-state index in [4.69, 9.17) is 0 Å². The second-order valence-corrected chi connectivity index (χ2v) is 8.87. The predicted molar refractivity (Wildman–Crippen MR) is 25.8 cm³/mol. The van der Waals surface area contributed by atoms with E-state index < -0.39 is 0 Å². The van der Waals surface area contributed by atoms with E-state index in [0.29, 0.717) is 0 Å². The van der Waals surface area contributed by atoms with Gasteiger partial charge in [-0.25, -0.2) is 0 Å². The number of hydrogen-bond donors (Lipinski definition) is 0. The molecule has 0 saturated carbocycles. The summed E-state index contributed by atoms with van der Waals surface area (Å²) in [5.74, 6) is 0. The minimum absolute atomic E-state index is 1.22. The third-order valence-corrected chi connectivity index (χ3v) is 7.35. The summed E-state index contributed by atoms with van der Waals surface area (Å²) >= 11 is 4.38. The fourth-order valence-electron chi connectivity index (χ4n) is 0. The molecule has 0 aromatic rings. The fraction of sp³-hybridized carbons (Fsp3) is 1.00. The Labute approximate surface area is 85.7 Å². The van der Waals surface area contributed by atoms with Crippen molar-refractivity contribution in [3.8, 4) is 0 Å². The maximum atomic E-state index is 1.57. The molecule has 0 atom stereocenters. The summed E-state index contributed by atoms with van der Waals surface area (Å²) in [4.78, 5) is 0. The summed E-state index contributed by atoms with van der Waals surface area (Å²) < 4.78 is 2.79. The molecular formula is C2H3Na3. The van der Waals surface area contributed by atoms with Gasteiger partial charge in [0.25, 0.3) is 0 Å². The van der Waals surface area contributed by atoms with Crippen LogP contribution in [0.5, 0.6) is 0 Å². The molecule has 0 aromatic heterocycles. The summed E-state index contributed by atoms with van der Waals surface area (Å²) in [5, 5.41) is 0. The molecule has 0 radical (unpaired) electrons. The normalized spacial score (nSPS) is 10.2. The first kappa shape index (κ1) is 8.00. The molecule has 0 saturated heterocycles. The summed E-state index contributed by atoms with van der Waals surface area (Å²) in [6.45, 7) is 0. The zero-order valence-corrected chi connectivity index (χ0v) is 10.3. The molecule has 0 aromatic carbocycles. The van der Waals surface area contributed by atoms with Crippen LogP contribution in [0, 0.1) is 0 Å². The molecule has 0 aliphatic heterocycles. The first-order valence-corrected chi connectivity index (χ1v) is 5.99. The minimum atomic E-state index is 1.22. The molecule has 0 fully saturated rings. The van der Waals surface area contributed by atoms with Crippen LogP contribution in [-0.4, -0.2) is 83.8 Å². The van der Waals surface area contributed by atoms with E-state index in [-0.39, 0.29) is 0 Å². The number of rotatable bonds is 1. The van der Waals surface area contributed by atoms with Crippen LogP contribution in [-0.2, 0) is 0 Å². The van der Waals surface area contributed by atoms with Gasteiger partial charge < -0.3 is 0 Å². The first-order chi connectivity index (χ1) is 2.27. The molecule has 14 valence electrons. The molecule has 0 aliphatic carbocycles. The first-order valence-electron chi connectivity index (χ1n) is 2.27. The van der Waals surface area contributed by atoms with Crippen LogP contribution < -0.4 is 0 Å². The Bertz CT molecular complexity index is 18.9. The average Bonchev–Trinajstić information content (AvgIpc) is 1.38. The standard InChI is InChI=1S/C2H3.3Na/c1-2;;;/h1H,2H2;;;. The topological polar surface area (TPSA) is 0 Å². The third kappa shape index (κ3) is 7.00. The summed E-state index contributed by atoms with van der Waals surface area (Å²) in [6, 6.07) is 0. The predicted octanol–water partition coefficient (Wildman–Crippen LogP) is -0.344. The molecule has 0 aliphatic rings. The van der Waals surface area contributed by atoms with Crippen molar-refractivity contribution in [2.75, 3.05) is 0 Å². The van der Waals surface area contributed by atoms with E-state index in [9.17, 15) is 0 Å². The maximum absolute atomic E-state index is 1.57. The number of hydrogen-bond acceptors (Lipinski definition) is 0. The Kier molecular flexibility index (Phi) is 8.23.